The van der Waals surface area contributed by atoms with Crippen molar-refractivity contribution in [3.8, 4) is 5.75 Å². The van der Waals surface area contributed by atoms with Crippen molar-refractivity contribution in [3.63, 3.8) is 0 Å². The number of aldehydes is 1. The van der Waals surface area contributed by atoms with Crippen molar-refractivity contribution in [2.75, 3.05) is 14.2 Å². The molecule has 2 rings (SSSR count). The molecule has 0 aliphatic rings. The lowest BCUT2D eigenvalue weighted by Crippen LogP contribution is -2.40. The minimum atomic E-state index is -1.38. The molecule has 2 aromatic carbocycles. The molecule has 0 fully saturated rings. The highest BCUT2D eigenvalue weighted by molar-refractivity contribution is 9.10. The van der Waals surface area contributed by atoms with E-state index in [-0.39, 0.29) is 6.42 Å². The van der Waals surface area contributed by atoms with Gasteiger partial charge in [-0.25, -0.2) is 0 Å². The molecule has 0 heterocycles. The molecule has 2 aromatic rings. The van der Waals surface area contributed by atoms with Crippen LogP contribution in [0.25, 0.3) is 0 Å². The molecule has 0 radical (unpaired) electrons. The Morgan fingerprint density at radius 3 is 2.17 bits per heavy atom. The summed E-state index contributed by atoms with van der Waals surface area (Å²) in [6, 6.07) is 14.3. The minimum Gasteiger partial charge on any atom is -0.497 e. The van der Waals surface area contributed by atoms with Crippen LogP contribution in [-0.2, 0) is 26.2 Å². The third kappa shape index (κ3) is 3.62. The summed E-state index contributed by atoms with van der Waals surface area (Å²) < 4.78 is 11.0. The van der Waals surface area contributed by atoms with E-state index in [0.717, 1.165) is 10.0 Å². The average Bonchev–Trinajstić information content (AvgIpc) is 2.61. The summed E-state index contributed by atoms with van der Waals surface area (Å²) in [7, 11) is 2.84. The summed E-state index contributed by atoms with van der Waals surface area (Å²) in [4.78, 5) is 24.3. The van der Waals surface area contributed by atoms with Gasteiger partial charge in [-0.15, -0.1) is 0 Å². The van der Waals surface area contributed by atoms with E-state index >= 15 is 0 Å². The van der Waals surface area contributed by atoms with E-state index in [0.29, 0.717) is 17.6 Å². The molecule has 0 unspecified atom stereocenters. The Morgan fingerprint density at radius 1 is 1.09 bits per heavy atom. The van der Waals surface area contributed by atoms with Crippen LogP contribution >= 0.6 is 15.9 Å². The van der Waals surface area contributed by atoms with Gasteiger partial charge in [-0.2, -0.15) is 0 Å². The summed E-state index contributed by atoms with van der Waals surface area (Å²) >= 11 is 3.37. The maximum atomic E-state index is 12.4. The standard InChI is InChI=1S/C18H17BrO4/c1-22-16-9-5-14(6-10-16)18(12-20,17(21)23-2)11-13-3-7-15(19)8-4-13/h3-10,12H,11H2,1-2H3/t18-/m0/s1. The molecule has 0 saturated carbocycles. The Morgan fingerprint density at radius 2 is 1.70 bits per heavy atom. The van der Waals surface area contributed by atoms with Crippen LogP contribution in [0.1, 0.15) is 11.1 Å². The number of esters is 1. The Balaban J connectivity index is 2.47. The molecule has 0 aliphatic heterocycles. The second kappa shape index (κ2) is 7.42. The zero-order valence-electron chi connectivity index (χ0n) is 12.9. The van der Waals surface area contributed by atoms with E-state index in [1.807, 2.05) is 24.3 Å². The molecule has 0 bridgehead atoms. The summed E-state index contributed by atoms with van der Waals surface area (Å²) in [6.45, 7) is 0. The zero-order chi connectivity index (χ0) is 16.9. The Hall–Kier alpha value is -2.14. The largest absolute Gasteiger partial charge is 0.497 e. The summed E-state index contributed by atoms with van der Waals surface area (Å²) in [5.74, 6) is 0.0719. The van der Waals surface area contributed by atoms with E-state index < -0.39 is 11.4 Å². The van der Waals surface area contributed by atoms with Crippen molar-refractivity contribution < 1.29 is 19.1 Å². The first-order valence-electron chi connectivity index (χ1n) is 6.99. The van der Waals surface area contributed by atoms with Crippen LogP contribution in [0, 0.1) is 0 Å². The molecule has 0 N–H and O–H groups in total. The Kier molecular flexibility index (Phi) is 5.55. The van der Waals surface area contributed by atoms with Gasteiger partial charge in [0.05, 0.1) is 14.2 Å². The highest BCUT2D eigenvalue weighted by Gasteiger charge is 2.41. The second-order valence-electron chi connectivity index (χ2n) is 5.11. The van der Waals surface area contributed by atoms with E-state index in [1.54, 1.807) is 31.4 Å². The van der Waals surface area contributed by atoms with Gasteiger partial charge in [0.25, 0.3) is 0 Å². The maximum absolute atomic E-state index is 12.4. The first-order valence-corrected chi connectivity index (χ1v) is 7.79. The molecule has 23 heavy (non-hydrogen) atoms. The number of ether oxygens (including phenoxy) is 2. The number of benzene rings is 2. The van der Waals surface area contributed by atoms with E-state index in [2.05, 4.69) is 15.9 Å². The Labute approximate surface area is 143 Å². The molecule has 120 valence electrons. The second-order valence-corrected chi connectivity index (χ2v) is 6.03. The van der Waals surface area contributed by atoms with Gasteiger partial charge in [0, 0.05) is 4.47 Å². The molecule has 0 saturated heterocycles. The molecule has 4 nitrogen and oxygen atoms in total. The van der Waals surface area contributed by atoms with Crippen molar-refractivity contribution in [1.29, 1.82) is 0 Å². The Bertz CT molecular complexity index is 679. The molecule has 0 amide bonds. The summed E-state index contributed by atoms with van der Waals surface area (Å²) in [6.07, 6.45) is 0.880. The van der Waals surface area contributed by atoms with Crippen LogP contribution in [0.2, 0.25) is 0 Å². The quantitative estimate of drug-likeness (QED) is 0.440. The number of rotatable bonds is 6. The third-order valence-electron chi connectivity index (χ3n) is 3.75. The number of carbonyl (C=O) groups excluding carboxylic acids is 2. The lowest BCUT2D eigenvalue weighted by Gasteiger charge is -2.26. The smallest absolute Gasteiger partial charge is 0.323 e. The SMILES string of the molecule is COC(=O)[C@](C=O)(Cc1ccc(Br)cc1)c1ccc(OC)cc1. The number of halogens is 1. The predicted molar refractivity (Wildman–Crippen MR) is 90.6 cm³/mol. The monoisotopic (exact) mass is 376 g/mol. The van der Waals surface area contributed by atoms with Gasteiger partial charge >= 0.3 is 5.97 Å². The van der Waals surface area contributed by atoms with Crippen molar-refractivity contribution >= 4 is 28.2 Å². The lowest BCUT2D eigenvalue weighted by atomic mass is 9.76. The van der Waals surface area contributed by atoms with Crippen molar-refractivity contribution in [2.45, 2.75) is 11.8 Å². The third-order valence-corrected chi connectivity index (χ3v) is 4.28. The summed E-state index contributed by atoms with van der Waals surface area (Å²) in [5, 5.41) is 0. The minimum absolute atomic E-state index is 0.225. The average molecular weight is 377 g/mol. The van der Waals surface area contributed by atoms with Gasteiger partial charge in [0.15, 0.2) is 5.41 Å². The predicted octanol–water partition coefficient (Wildman–Crippen LogP) is 3.31. The zero-order valence-corrected chi connectivity index (χ0v) is 14.5. The molecule has 1 atom stereocenters. The van der Waals surface area contributed by atoms with Gasteiger partial charge in [0.2, 0.25) is 0 Å². The first-order chi connectivity index (χ1) is 11.1. The lowest BCUT2D eigenvalue weighted by molar-refractivity contribution is -0.149. The van der Waals surface area contributed by atoms with Crippen LogP contribution in [0.5, 0.6) is 5.75 Å². The number of hydrogen-bond acceptors (Lipinski definition) is 4. The van der Waals surface area contributed by atoms with Gasteiger partial charge < -0.3 is 14.3 Å². The molecule has 5 heteroatoms. The van der Waals surface area contributed by atoms with Crippen LogP contribution in [0.3, 0.4) is 0 Å². The van der Waals surface area contributed by atoms with Crippen LogP contribution in [0.4, 0.5) is 0 Å². The molecule has 0 aliphatic carbocycles. The molecular formula is C18H17BrO4. The normalized spacial score (nSPS) is 13.0. The fraction of sp³-hybridized carbons (Fsp3) is 0.222. The van der Waals surface area contributed by atoms with Gasteiger partial charge in [-0.3, -0.25) is 4.79 Å². The van der Waals surface area contributed by atoms with Gasteiger partial charge in [-0.05, 0) is 41.8 Å². The van der Waals surface area contributed by atoms with Crippen molar-refractivity contribution in [2.24, 2.45) is 0 Å². The fourth-order valence-corrected chi connectivity index (χ4v) is 2.71. The number of carbonyl (C=O) groups is 2. The number of methoxy groups -OCH3 is 2. The van der Waals surface area contributed by atoms with Crippen LogP contribution < -0.4 is 4.74 Å². The number of hydrogen-bond donors (Lipinski definition) is 0. The molecule has 0 aromatic heterocycles. The first kappa shape index (κ1) is 17.2. The highest BCUT2D eigenvalue weighted by Crippen LogP contribution is 2.30. The molecule has 0 spiro atoms. The maximum Gasteiger partial charge on any atom is 0.323 e. The highest BCUT2D eigenvalue weighted by atomic mass is 79.9. The molecular weight excluding hydrogens is 360 g/mol. The fourth-order valence-electron chi connectivity index (χ4n) is 2.44. The van der Waals surface area contributed by atoms with Crippen LogP contribution in [-0.4, -0.2) is 26.5 Å². The van der Waals surface area contributed by atoms with Crippen LogP contribution in [0.15, 0.2) is 53.0 Å². The van der Waals surface area contributed by atoms with E-state index in [1.165, 1.54) is 7.11 Å². The van der Waals surface area contributed by atoms with Gasteiger partial charge in [0.1, 0.15) is 12.0 Å². The summed E-state index contributed by atoms with van der Waals surface area (Å²) in [5.41, 5.74) is 0.0547. The van der Waals surface area contributed by atoms with Gasteiger partial charge in [-0.1, -0.05) is 40.2 Å². The topological polar surface area (TPSA) is 52.6 Å². The van der Waals surface area contributed by atoms with Crippen molar-refractivity contribution in [1.82, 2.24) is 0 Å². The van der Waals surface area contributed by atoms with Crippen molar-refractivity contribution in [3.05, 3.63) is 64.1 Å². The van der Waals surface area contributed by atoms with E-state index in [4.69, 9.17) is 9.47 Å². The van der Waals surface area contributed by atoms with E-state index in [9.17, 15) is 9.59 Å².